The largest absolute Gasteiger partial charge is 0.306 e. The molecular formula is C12H23Cl2N. The van der Waals surface area contributed by atoms with Gasteiger partial charge in [0.15, 0.2) is 0 Å². The molecule has 0 radical (unpaired) electrons. The van der Waals surface area contributed by atoms with Gasteiger partial charge in [0.05, 0.1) is 0 Å². The van der Waals surface area contributed by atoms with E-state index in [1.807, 2.05) is 0 Å². The molecule has 90 valence electrons. The van der Waals surface area contributed by atoms with Crippen LogP contribution in [0.3, 0.4) is 0 Å². The van der Waals surface area contributed by atoms with Crippen LogP contribution in [-0.2, 0) is 0 Å². The summed E-state index contributed by atoms with van der Waals surface area (Å²) in [5, 5.41) is 3.69. The zero-order valence-electron chi connectivity index (χ0n) is 9.70. The maximum Gasteiger partial charge on any atom is 0.0453 e. The van der Waals surface area contributed by atoms with E-state index in [0.29, 0.717) is 17.8 Å². The third-order valence-corrected chi connectivity index (χ3v) is 4.58. The minimum absolute atomic E-state index is 0.0435. The van der Waals surface area contributed by atoms with Crippen molar-refractivity contribution in [1.82, 2.24) is 5.32 Å². The smallest absolute Gasteiger partial charge is 0.0453 e. The molecule has 3 heteroatoms. The van der Waals surface area contributed by atoms with E-state index in [2.05, 4.69) is 12.2 Å². The molecule has 0 aliphatic heterocycles. The van der Waals surface area contributed by atoms with Gasteiger partial charge in [0.2, 0.25) is 0 Å². The Morgan fingerprint density at radius 2 is 1.60 bits per heavy atom. The Kier molecular flexibility index (Phi) is 6.33. The highest BCUT2D eigenvalue weighted by Crippen LogP contribution is 2.22. The molecule has 0 spiro atoms. The first-order valence-electron chi connectivity index (χ1n) is 6.16. The maximum absolute atomic E-state index is 6.04. The van der Waals surface area contributed by atoms with Crippen LogP contribution in [0.1, 0.15) is 51.9 Å². The average Bonchev–Trinajstić information content (AvgIpc) is 2.54. The Bertz CT molecular complexity index is 153. The third-order valence-electron chi connectivity index (χ3n) is 3.55. The molecule has 1 aliphatic carbocycles. The van der Waals surface area contributed by atoms with E-state index >= 15 is 0 Å². The van der Waals surface area contributed by atoms with Crippen molar-refractivity contribution >= 4 is 23.2 Å². The molecule has 0 heterocycles. The standard InChI is InChI=1S/C12H23Cl2N/c1-2-12(9-13,10-14)15-11-7-5-3-4-6-8-11/h11,15H,2-10H2,1H3. The number of rotatable bonds is 5. The van der Waals surface area contributed by atoms with E-state index in [0.717, 1.165) is 6.42 Å². The zero-order valence-corrected chi connectivity index (χ0v) is 11.2. The van der Waals surface area contributed by atoms with Gasteiger partial charge in [-0.2, -0.15) is 0 Å². The summed E-state index contributed by atoms with van der Waals surface area (Å²) < 4.78 is 0. The summed E-state index contributed by atoms with van der Waals surface area (Å²) in [6.45, 7) is 2.16. The predicted octanol–water partition coefficient (Wildman–Crippen LogP) is 3.93. The second kappa shape index (κ2) is 6.98. The van der Waals surface area contributed by atoms with Gasteiger partial charge in [0.1, 0.15) is 0 Å². The molecule has 0 aromatic heterocycles. The minimum Gasteiger partial charge on any atom is -0.306 e. The van der Waals surface area contributed by atoms with Crippen LogP contribution >= 0.6 is 23.2 Å². The van der Waals surface area contributed by atoms with Crippen molar-refractivity contribution in [3.05, 3.63) is 0 Å². The summed E-state index contributed by atoms with van der Waals surface area (Å²) in [5.74, 6) is 1.23. The van der Waals surface area contributed by atoms with E-state index < -0.39 is 0 Å². The zero-order chi connectivity index (χ0) is 11.1. The molecule has 0 saturated heterocycles. The van der Waals surface area contributed by atoms with Crippen molar-refractivity contribution in [3.8, 4) is 0 Å². The van der Waals surface area contributed by atoms with Crippen LogP contribution in [0.2, 0.25) is 0 Å². The van der Waals surface area contributed by atoms with Crippen LogP contribution in [0, 0.1) is 0 Å². The topological polar surface area (TPSA) is 12.0 Å². The van der Waals surface area contributed by atoms with E-state index in [9.17, 15) is 0 Å². The molecule has 1 nitrogen and oxygen atoms in total. The summed E-state index contributed by atoms with van der Waals surface area (Å²) >= 11 is 12.1. The van der Waals surface area contributed by atoms with Crippen molar-refractivity contribution in [2.45, 2.75) is 63.5 Å². The normalized spacial score (nSPS) is 20.2. The van der Waals surface area contributed by atoms with E-state index in [4.69, 9.17) is 23.2 Å². The fourth-order valence-electron chi connectivity index (χ4n) is 2.26. The molecule has 0 aromatic carbocycles. The highest BCUT2D eigenvalue weighted by atomic mass is 35.5. The second-order valence-electron chi connectivity index (χ2n) is 4.73. The van der Waals surface area contributed by atoms with Gasteiger partial charge in [0.25, 0.3) is 0 Å². The molecule has 1 N–H and O–H groups in total. The number of alkyl halides is 2. The van der Waals surface area contributed by atoms with Gasteiger partial charge in [-0.3, -0.25) is 0 Å². The van der Waals surface area contributed by atoms with Crippen molar-refractivity contribution in [2.24, 2.45) is 0 Å². The van der Waals surface area contributed by atoms with Crippen molar-refractivity contribution < 1.29 is 0 Å². The summed E-state index contributed by atoms with van der Waals surface area (Å²) in [6.07, 6.45) is 9.06. The van der Waals surface area contributed by atoms with Crippen LogP contribution in [0.25, 0.3) is 0 Å². The summed E-state index contributed by atoms with van der Waals surface area (Å²) in [4.78, 5) is 0. The van der Waals surface area contributed by atoms with E-state index in [-0.39, 0.29) is 5.54 Å². The van der Waals surface area contributed by atoms with Crippen LogP contribution < -0.4 is 5.32 Å². The van der Waals surface area contributed by atoms with Gasteiger partial charge < -0.3 is 5.32 Å². The molecule has 0 bridgehead atoms. The first kappa shape index (κ1) is 13.6. The van der Waals surface area contributed by atoms with Gasteiger partial charge in [-0.15, -0.1) is 23.2 Å². The van der Waals surface area contributed by atoms with Crippen molar-refractivity contribution in [2.75, 3.05) is 11.8 Å². The van der Waals surface area contributed by atoms with Gasteiger partial charge in [-0.25, -0.2) is 0 Å². The monoisotopic (exact) mass is 251 g/mol. The lowest BCUT2D eigenvalue weighted by atomic mass is 9.97. The van der Waals surface area contributed by atoms with Crippen LogP contribution in [0.15, 0.2) is 0 Å². The van der Waals surface area contributed by atoms with Gasteiger partial charge in [-0.05, 0) is 19.3 Å². The highest BCUT2D eigenvalue weighted by Gasteiger charge is 2.29. The molecular weight excluding hydrogens is 229 g/mol. The van der Waals surface area contributed by atoms with Gasteiger partial charge in [0, 0.05) is 23.3 Å². The second-order valence-corrected chi connectivity index (χ2v) is 5.27. The van der Waals surface area contributed by atoms with E-state index in [1.54, 1.807) is 0 Å². The molecule has 0 amide bonds. The Morgan fingerprint density at radius 3 is 2.00 bits per heavy atom. The number of hydrogen-bond donors (Lipinski definition) is 1. The molecule has 0 aromatic rings. The SMILES string of the molecule is CCC(CCl)(CCl)NC1CCCCCC1. The Labute approximate surface area is 104 Å². The highest BCUT2D eigenvalue weighted by molar-refractivity contribution is 6.22. The first-order valence-corrected chi connectivity index (χ1v) is 7.23. The summed E-state index contributed by atoms with van der Waals surface area (Å²) in [5.41, 5.74) is -0.0435. The minimum atomic E-state index is -0.0435. The van der Waals surface area contributed by atoms with E-state index in [1.165, 1.54) is 38.5 Å². The van der Waals surface area contributed by atoms with Gasteiger partial charge >= 0.3 is 0 Å². The summed E-state index contributed by atoms with van der Waals surface area (Å²) in [7, 11) is 0. The van der Waals surface area contributed by atoms with Crippen molar-refractivity contribution in [1.29, 1.82) is 0 Å². The summed E-state index contributed by atoms with van der Waals surface area (Å²) in [6, 6.07) is 0.630. The molecule has 0 atom stereocenters. The third kappa shape index (κ3) is 4.13. The molecule has 1 rings (SSSR count). The van der Waals surface area contributed by atoms with Gasteiger partial charge in [-0.1, -0.05) is 32.6 Å². The lowest BCUT2D eigenvalue weighted by Crippen LogP contribution is -2.53. The lowest BCUT2D eigenvalue weighted by molar-refractivity contribution is 0.312. The van der Waals surface area contributed by atoms with Crippen LogP contribution in [0.5, 0.6) is 0 Å². The van der Waals surface area contributed by atoms with Crippen LogP contribution in [0.4, 0.5) is 0 Å². The number of hydrogen-bond acceptors (Lipinski definition) is 1. The predicted molar refractivity (Wildman–Crippen MR) is 69.1 cm³/mol. The lowest BCUT2D eigenvalue weighted by Gasteiger charge is -2.34. The quantitative estimate of drug-likeness (QED) is 0.577. The van der Waals surface area contributed by atoms with Crippen molar-refractivity contribution in [3.63, 3.8) is 0 Å². The Balaban J connectivity index is 2.48. The Hall–Kier alpha value is 0.540. The first-order chi connectivity index (χ1) is 7.26. The number of halogens is 2. The maximum atomic E-state index is 6.04. The average molecular weight is 252 g/mol. The Morgan fingerprint density at radius 1 is 1.07 bits per heavy atom. The number of nitrogens with one attached hydrogen (secondary N) is 1. The fourth-order valence-corrected chi connectivity index (χ4v) is 3.08. The molecule has 15 heavy (non-hydrogen) atoms. The van der Waals surface area contributed by atoms with Crippen LogP contribution in [-0.4, -0.2) is 23.3 Å². The molecule has 1 saturated carbocycles. The fraction of sp³-hybridized carbons (Fsp3) is 1.00. The molecule has 0 unspecified atom stereocenters. The molecule has 1 aliphatic rings. The molecule has 1 fully saturated rings.